The molecule has 1 fully saturated rings. The molecule has 1 N–H and O–H groups in total. The molecule has 1 aromatic carbocycles. The van der Waals surface area contributed by atoms with Crippen LogP contribution in [-0.4, -0.2) is 10.8 Å². The zero-order chi connectivity index (χ0) is 11.7. The molecule has 1 aliphatic rings. The van der Waals surface area contributed by atoms with Crippen LogP contribution in [0.25, 0.3) is 0 Å². The number of halogens is 1. The highest BCUT2D eigenvalue weighted by molar-refractivity contribution is 5.94. The molecule has 0 spiro atoms. The number of carbonyl (C=O) groups excluding carboxylic acids is 1. The number of amides is 1. The van der Waals surface area contributed by atoms with Crippen molar-refractivity contribution < 1.29 is 14.1 Å². The molecule has 1 aliphatic carbocycles. The van der Waals surface area contributed by atoms with E-state index in [2.05, 4.69) is 5.32 Å². The van der Waals surface area contributed by atoms with Crippen molar-refractivity contribution in [2.24, 2.45) is 5.92 Å². The van der Waals surface area contributed by atoms with Crippen LogP contribution in [0.4, 0.5) is 15.8 Å². The maximum absolute atomic E-state index is 13.2. The van der Waals surface area contributed by atoms with Crippen LogP contribution in [0.5, 0.6) is 0 Å². The van der Waals surface area contributed by atoms with E-state index in [1.165, 1.54) is 6.07 Å². The lowest BCUT2D eigenvalue weighted by Gasteiger charge is -2.03. The predicted molar refractivity (Wildman–Crippen MR) is 54.4 cm³/mol. The minimum atomic E-state index is -0.946. The van der Waals surface area contributed by atoms with Gasteiger partial charge in [-0.25, -0.2) is 0 Å². The van der Waals surface area contributed by atoms with Gasteiger partial charge >= 0.3 is 5.69 Å². The topological polar surface area (TPSA) is 72.2 Å². The Bertz CT molecular complexity index is 457. The molecule has 84 valence electrons. The number of nitrogens with zero attached hydrogens (tertiary/aromatic N) is 1. The summed E-state index contributed by atoms with van der Waals surface area (Å²) < 4.78 is 13.2. The lowest BCUT2D eigenvalue weighted by Crippen LogP contribution is -2.13. The Morgan fingerprint density at radius 3 is 2.69 bits per heavy atom. The third-order valence-electron chi connectivity index (χ3n) is 2.36. The molecule has 0 unspecified atom stereocenters. The Labute approximate surface area is 90.4 Å². The minimum absolute atomic E-state index is 0.0123. The molecule has 0 aliphatic heterocycles. The van der Waals surface area contributed by atoms with Gasteiger partial charge in [0.1, 0.15) is 0 Å². The maximum Gasteiger partial charge on any atom is 0.304 e. The summed E-state index contributed by atoms with van der Waals surface area (Å²) in [6.45, 7) is 0. The number of nitrogens with one attached hydrogen (secondary N) is 1. The van der Waals surface area contributed by atoms with Gasteiger partial charge in [0, 0.05) is 23.7 Å². The van der Waals surface area contributed by atoms with Gasteiger partial charge in [-0.2, -0.15) is 4.39 Å². The number of carbonyl (C=O) groups is 1. The smallest absolute Gasteiger partial charge is 0.304 e. The zero-order valence-corrected chi connectivity index (χ0v) is 8.27. The van der Waals surface area contributed by atoms with Crippen LogP contribution < -0.4 is 5.32 Å². The lowest BCUT2D eigenvalue weighted by atomic mass is 10.2. The summed E-state index contributed by atoms with van der Waals surface area (Å²) in [5, 5.41) is 12.9. The van der Waals surface area contributed by atoms with Gasteiger partial charge in [0.25, 0.3) is 0 Å². The first-order valence-electron chi connectivity index (χ1n) is 4.83. The molecule has 0 heterocycles. The van der Waals surface area contributed by atoms with Gasteiger partial charge in [-0.05, 0) is 18.9 Å². The fourth-order valence-corrected chi connectivity index (χ4v) is 1.32. The molecule has 0 atom stereocenters. The molecule has 6 heteroatoms. The fraction of sp³-hybridized carbons (Fsp3) is 0.300. The molecule has 0 radical (unpaired) electrons. The summed E-state index contributed by atoms with van der Waals surface area (Å²) in [4.78, 5) is 20.9. The molecule has 16 heavy (non-hydrogen) atoms. The predicted octanol–water partition coefficient (Wildman–Crippen LogP) is 2.08. The molecule has 1 aromatic rings. The molecule has 5 nitrogen and oxygen atoms in total. The second kappa shape index (κ2) is 3.88. The number of nitro groups is 1. The third kappa shape index (κ3) is 2.16. The number of anilines is 1. The highest BCUT2D eigenvalue weighted by Gasteiger charge is 2.29. The van der Waals surface area contributed by atoms with E-state index in [0.717, 1.165) is 25.0 Å². The number of hydrogen-bond donors (Lipinski definition) is 1. The second-order valence-corrected chi connectivity index (χ2v) is 3.69. The molecule has 0 bridgehead atoms. The first-order chi connectivity index (χ1) is 7.58. The molecular formula is C10H9FN2O3. The van der Waals surface area contributed by atoms with E-state index < -0.39 is 16.4 Å². The Morgan fingerprint density at radius 2 is 2.19 bits per heavy atom. The van der Waals surface area contributed by atoms with E-state index in [9.17, 15) is 19.3 Å². The highest BCUT2D eigenvalue weighted by Crippen LogP contribution is 2.30. The quantitative estimate of drug-likeness (QED) is 0.631. The second-order valence-electron chi connectivity index (χ2n) is 3.69. The molecule has 1 amide bonds. The van der Waals surface area contributed by atoms with Gasteiger partial charge in [-0.1, -0.05) is 0 Å². The van der Waals surface area contributed by atoms with Crippen LogP contribution in [0.2, 0.25) is 0 Å². The van der Waals surface area contributed by atoms with Crippen LogP contribution in [0.1, 0.15) is 12.8 Å². The van der Waals surface area contributed by atoms with Crippen LogP contribution in [0.15, 0.2) is 18.2 Å². The van der Waals surface area contributed by atoms with Crippen molar-refractivity contribution in [2.45, 2.75) is 12.8 Å². The van der Waals surface area contributed by atoms with Gasteiger partial charge in [0.05, 0.1) is 4.92 Å². The Morgan fingerprint density at radius 1 is 1.50 bits per heavy atom. The summed E-state index contributed by atoms with van der Waals surface area (Å²) in [5.74, 6) is -1.09. The number of hydrogen-bond acceptors (Lipinski definition) is 3. The van der Waals surface area contributed by atoms with E-state index in [4.69, 9.17) is 0 Å². The first-order valence-corrected chi connectivity index (χ1v) is 4.83. The van der Waals surface area contributed by atoms with E-state index in [1.54, 1.807) is 0 Å². The average molecular weight is 224 g/mol. The zero-order valence-electron chi connectivity index (χ0n) is 8.27. The minimum Gasteiger partial charge on any atom is -0.326 e. The maximum atomic E-state index is 13.2. The van der Waals surface area contributed by atoms with Crippen LogP contribution in [0, 0.1) is 21.8 Å². The number of rotatable bonds is 3. The average Bonchev–Trinajstić information content (AvgIpc) is 2.99. The van der Waals surface area contributed by atoms with Crippen molar-refractivity contribution >= 4 is 17.3 Å². The van der Waals surface area contributed by atoms with E-state index in [-0.39, 0.29) is 17.5 Å². The SMILES string of the molecule is O=C(Nc1ccc([N+](=O)[O-])c(F)c1)C1CC1. The Hall–Kier alpha value is -1.98. The van der Waals surface area contributed by atoms with Gasteiger partial charge < -0.3 is 5.32 Å². The van der Waals surface area contributed by atoms with Gasteiger partial charge in [-0.3, -0.25) is 14.9 Å². The molecular weight excluding hydrogens is 215 g/mol. The summed E-state index contributed by atoms with van der Waals surface area (Å²) in [5.41, 5.74) is -0.343. The number of benzene rings is 1. The van der Waals surface area contributed by atoms with Crippen LogP contribution in [-0.2, 0) is 4.79 Å². The van der Waals surface area contributed by atoms with E-state index >= 15 is 0 Å². The normalized spacial score (nSPS) is 14.6. The van der Waals surface area contributed by atoms with Crippen molar-refractivity contribution in [1.82, 2.24) is 0 Å². The van der Waals surface area contributed by atoms with Crippen molar-refractivity contribution in [3.63, 3.8) is 0 Å². The lowest BCUT2D eigenvalue weighted by molar-refractivity contribution is -0.387. The first kappa shape index (κ1) is 10.5. The summed E-state index contributed by atoms with van der Waals surface area (Å²) in [6.07, 6.45) is 1.70. The van der Waals surface area contributed by atoms with Crippen molar-refractivity contribution in [2.75, 3.05) is 5.32 Å². The van der Waals surface area contributed by atoms with Gasteiger partial charge in [-0.15, -0.1) is 0 Å². The highest BCUT2D eigenvalue weighted by atomic mass is 19.1. The standard InChI is InChI=1S/C10H9FN2O3/c11-8-5-7(3-4-9(8)13(15)16)12-10(14)6-1-2-6/h3-6H,1-2H2,(H,12,14). The van der Waals surface area contributed by atoms with Crippen molar-refractivity contribution in [3.8, 4) is 0 Å². The van der Waals surface area contributed by atoms with Gasteiger partial charge in [0.15, 0.2) is 0 Å². The fourth-order valence-electron chi connectivity index (χ4n) is 1.32. The van der Waals surface area contributed by atoms with E-state index in [1.807, 2.05) is 0 Å². The Kier molecular flexibility index (Phi) is 2.55. The van der Waals surface area contributed by atoms with Crippen molar-refractivity contribution in [1.29, 1.82) is 0 Å². The molecule has 0 saturated heterocycles. The monoisotopic (exact) mass is 224 g/mol. The number of nitro benzene ring substituents is 1. The third-order valence-corrected chi connectivity index (χ3v) is 2.36. The van der Waals surface area contributed by atoms with Gasteiger partial charge in [0.2, 0.25) is 11.7 Å². The molecule has 2 rings (SSSR count). The van der Waals surface area contributed by atoms with Crippen LogP contribution >= 0.6 is 0 Å². The molecule has 0 aromatic heterocycles. The summed E-state index contributed by atoms with van der Waals surface area (Å²) >= 11 is 0. The largest absolute Gasteiger partial charge is 0.326 e. The molecule has 1 saturated carbocycles. The summed E-state index contributed by atoms with van der Waals surface area (Å²) in [7, 11) is 0. The Balaban J connectivity index is 2.14. The van der Waals surface area contributed by atoms with E-state index in [0.29, 0.717) is 0 Å². The summed E-state index contributed by atoms with van der Waals surface area (Å²) in [6, 6.07) is 3.32. The van der Waals surface area contributed by atoms with Crippen molar-refractivity contribution in [3.05, 3.63) is 34.1 Å². The van der Waals surface area contributed by atoms with Crippen LogP contribution in [0.3, 0.4) is 0 Å².